The van der Waals surface area contributed by atoms with E-state index in [2.05, 4.69) is 62.7 Å². The summed E-state index contributed by atoms with van der Waals surface area (Å²) in [6, 6.07) is 18.6. The molecule has 0 bridgehead atoms. The molecule has 5 rings (SSSR count). The number of para-hydroxylation sites is 1. The highest BCUT2D eigenvalue weighted by atomic mass is 16.5. The number of hydrogen-bond acceptors (Lipinski definition) is 6. The highest BCUT2D eigenvalue weighted by Gasteiger charge is 2.28. The van der Waals surface area contributed by atoms with Gasteiger partial charge in [-0.15, -0.1) is 5.10 Å². The summed E-state index contributed by atoms with van der Waals surface area (Å²) in [4.78, 5) is 18.7. The second kappa shape index (κ2) is 11.8. The van der Waals surface area contributed by atoms with Crippen LogP contribution < -0.4 is 5.56 Å². The number of aromatic nitrogens is 5. The molecule has 37 heavy (non-hydrogen) atoms. The Balaban J connectivity index is 1.48. The van der Waals surface area contributed by atoms with Crippen LogP contribution in [0.5, 0.6) is 0 Å². The van der Waals surface area contributed by atoms with Gasteiger partial charge in [0.15, 0.2) is 5.82 Å². The number of rotatable bonds is 11. The minimum Gasteiger partial charge on any atom is -0.376 e. The van der Waals surface area contributed by atoms with Gasteiger partial charge >= 0.3 is 0 Å². The molecular weight excluding hydrogens is 464 g/mol. The molecule has 0 aliphatic carbocycles. The smallest absolute Gasteiger partial charge is 0.252 e. The maximum absolute atomic E-state index is 13.2. The van der Waals surface area contributed by atoms with E-state index in [4.69, 9.17) is 4.74 Å². The first-order valence-electron chi connectivity index (χ1n) is 13.4. The van der Waals surface area contributed by atoms with Crippen molar-refractivity contribution >= 4 is 10.9 Å². The van der Waals surface area contributed by atoms with Gasteiger partial charge in [-0.1, -0.05) is 61.9 Å². The second-order valence-electron chi connectivity index (χ2n) is 10.0. The van der Waals surface area contributed by atoms with Gasteiger partial charge in [0, 0.05) is 25.3 Å². The van der Waals surface area contributed by atoms with Crippen LogP contribution in [-0.4, -0.2) is 49.3 Å². The summed E-state index contributed by atoms with van der Waals surface area (Å²) in [5, 5.41) is 13.9. The van der Waals surface area contributed by atoms with Crippen molar-refractivity contribution in [2.75, 3.05) is 13.2 Å². The Morgan fingerprint density at radius 1 is 1.19 bits per heavy atom. The first kappa shape index (κ1) is 25.3. The second-order valence-corrected chi connectivity index (χ2v) is 10.0. The molecule has 1 aliphatic rings. The Kier molecular flexibility index (Phi) is 8.06. The van der Waals surface area contributed by atoms with Crippen LogP contribution in [-0.2, 0) is 24.2 Å². The minimum atomic E-state index is -0.0410. The van der Waals surface area contributed by atoms with Crippen molar-refractivity contribution in [2.45, 2.75) is 71.2 Å². The van der Waals surface area contributed by atoms with E-state index in [1.165, 1.54) is 5.56 Å². The number of nitrogens with zero attached hydrogens (tertiary/aromatic N) is 5. The molecule has 0 unspecified atom stereocenters. The fraction of sp³-hybridized carbons (Fsp3) is 0.448. The zero-order chi connectivity index (χ0) is 25.6. The maximum atomic E-state index is 13.2. The van der Waals surface area contributed by atoms with Crippen LogP contribution in [0.3, 0.4) is 0 Å². The van der Waals surface area contributed by atoms with Gasteiger partial charge in [-0.3, -0.25) is 9.69 Å². The molecule has 0 amide bonds. The molecule has 0 spiro atoms. The predicted octanol–water partition coefficient (Wildman–Crippen LogP) is 4.59. The van der Waals surface area contributed by atoms with Crippen molar-refractivity contribution in [1.82, 2.24) is 30.1 Å². The molecule has 8 heteroatoms. The molecule has 2 atom stereocenters. The monoisotopic (exact) mass is 500 g/mol. The molecule has 8 nitrogen and oxygen atoms in total. The molecular formula is C29H36N6O2. The van der Waals surface area contributed by atoms with Crippen LogP contribution >= 0.6 is 0 Å². The van der Waals surface area contributed by atoms with Crippen LogP contribution in [0.25, 0.3) is 10.9 Å². The van der Waals surface area contributed by atoms with Gasteiger partial charge in [0.05, 0.1) is 24.2 Å². The molecule has 4 aromatic rings. The first-order chi connectivity index (χ1) is 18.1. The lowest BCUT2D eigenvalue weighted by atomic mass is 10.0. The van der Waals surface area contributed by atoms with Crippen molar-refractivity contribution < 1.29 is 4.74 Å². The van der Waals surface area contributed by atoms with Gasteiger partial charge < -0.3 is 9.72 Å². The van der Waals surface area contributed by atoms with Crippen molar-refractivity contribution in [1.29, 1.82) is 0 Å². The predicted molar refractivity (Wildman–Crippen MR) is 144 cm³/mol. The van der Waals surface area contributed by atoms with E-state index in [-0.39, 0.29) is 17.7 Å². The van der Waals surface area contributed by atoms with Gasteiger partial charge in [0.2, 0.25) is 0 Å². The standard InChI is InChI=1S/C29H36N6O2/c1-3-9-26(28-31-32-33-35(28)20-25-14-8-17-37-25)34(16-15-22-11-5-4-6-12-22)19-24-18-23-13-7-10-21(2)27(23)30-29(24)36/h4-7,10-13,18,25-26H,3,8-9,14-17,19-20H2,1-2H3,(H,30,36)/t25-,26+/m0/s1. The van der Waals surface area contributed by atoms with Gasteiger partial charge in [-0.05, 0) is 65.6 Å². The number of benzene rings is 2. The fourth-order valence-electron chi connectivity index (χ4n) is 5.34. The van der Waals surface area contributed by atoms with Crippen molar-refractivity contribution in [3.8, 4) is 0 Å². The van der Waals surface area contributed by atoms with E-state index in [0.717, 1.165) is 73.1 Å². The van der Waals surface area contributed by atoms with E-state index < -0.39 is 0 Å². The Morgan fingerprint density at radius 2 is 2.05 bits per heavy atom. The summed E-state index contributed by atoms with van der Waals surface area (Å²) >= 11 is 0. The highest BCUT2D eigenvalue weighted by molar-refractivity contribution is 5.81. The lowest BCUT2D eigenvalue weighted by molar-refractivity contribution is 0.0890. The van der Waals surface area contributed by atoms with Crippen molar-refractivity contribution in [3.63, 3.8) is 0 Å². The van der Waals surface area contributed by atoms with E-state index in [0.29, 0.717) is 13.1 Å². The molecule has 1 saturated heterocycles. The molecule has 2 aromatic heterocycles. The number of aryl methyl sites for hydroxylation is 1. The summed E-state index contributed by atoms with van der Waals surface area (Å²) in [6.07, 6.45) is 5.00. The third kappa shape index (κ3) is 5.97. The summed E-state index contributed by atoms with van der Waals surface area (Å²) in [7, 11) is 0. The Morgan fingerprint density at radius 3 is 2.84 bits per heavy atom. The number of H-pyrrole nitrogens is 1. The maximum Gasteiger partial charge on any atom is 0.252 e. The van der Waals surface area contributed by atoms with Crippen LogP contribution in [0.4, 0.5) is 0 Å². The molecule has 1 aliphatic heterocycles. The van der Waals surface area contributed by atoms with Crippen LogP contribution in [0, 0.1) is 6.92 Å². The number of nitrogens with one attached hydrogen (secondary N) is 1. The summed E-state index contributed by atoms with van der Waals surface area (Å²) in [5.41, 5.74) is 3.95. The molecule has 1 fully saturated rings. The Labute approximate surface area is 217 Å². The topological polar surface area (TPSA) is 88.9 Å². The van der Waals surface area contributed by atoms with Crippen molar-refractivity contribution in [2.24, 2.45) is 0 Å². The van der Waals surface area contributed by atoms with E-state index in [9.17, 15) is 4.79 Å². The molecule has 1 N–H and O–H groups in total. The summed E-state index contributed by atoms with van der Waals surface area (Å²) in [6.45, 7) is 6.96. The molecule has 0 saturated carbocycles. The lowest BCUT2D eigenvalue weighted by Crippen LogP contribution is -2.35. The largest absolute Gasteiger partial charge is 0.376 e. The third-order valence-electron chi connectivity index (χ3n) is 7.33. The molecule has 0 radical (unpaired) electrons. The number of pyridine rings is 1. The van der Waals surface area contributed by atoms with E-state index >= 15 is 0 Å². The van der Waals surface area contributed by atoms with Gasteiger partial charge in [-0.2, -0.15) is 0 Å². The summed E-state index contributed by atoms with van der Waals surface area (Å²) < 4.78 is 7.79. The SMILES string of the molecule is CCC[C@H](c1nnnn1C[C@@H]1CCCO1)N(CCc1ccccc1)Cc1cc2cccc(C)c2[nH]c1=O. The molecule has 194 valence electrons. The van der Waals surface area contributed by atoms with Gasteiger partial charge in [0.25, 0.3) is 5.56 Å². The Bertz CT molecular complexity index is 1360. The first-order valence-corrected chi connectivity index (χ1v) is 13.4. The average Bonchev–Trinajstić information content (AvgIpc) is 3.59. The van der Waals surface area contributed by atoms with Crippen LogP contribution in [0.15, 0.2) is 59.4 Å². The van der Waals surface area contributed by atoms with Gasteiger partial charge in [-0.25, -0.2) is 4.68 Å². The summed E-state index contributed by atoms with van der Waals surface area (Å²) in [5.74, 6) is 0.846. The Hall–Kier alpha value is -3.36. The average molecular weight is 501 g/mol. The number of aromatic amines is 1. The lowest BCUT2D eigenvalue weighted by Gasteiger charge is -2.31. The highest BCUT2D eigenvalue weighted by Crippen LogP contribution is 2.27. The number of tetrazole rings is 1. The quantitative estimate of drug-likeness (QED) is 0.324. The number of fused-ring (bicyclic) bond motifs is 1. The van der Waals surface area contributed by atoms with Gasteiger partial charge in [0.1, 0.15) is 0 Å². The van der Waals surface area contributed by atoms with E-state index in [1.807, 2.05) is 35.9 Å². The molecule has 2 aromatic carbocycles. The minimum absolute atomic E-state index is 0.0160. The van der Waals surface area contributed by atoms with E-state index in [1.54, 1.807) is 0 Å². The number of ether oxygens (including phenoxy) is 1. The van der Waals surface area contributed by atoms with Crippen molar-refractivity contribution in [3.05, 3.63) is 87.5 Å². The zero-order valence-corrected chi connectivity index (χ0v) is 21.8. The van der Waals surface area contributed by atoms with Crippen LogP contribution in [0.2, 0.25) is 0 Å². The third-order valence-corrected chi connectivity index (χ3v) is 7.33. The normalized spacial score (nSPS) is 16.6. The molecule has 3 heterocycles. The fourth-order valence-corrected chi connectivity index (χ4v) is 5.34. The zero-order valence-electron chi connectivity index (χ0n) is 21.8. The number of hydrogen-bond donors (Lipinski definition) is 1. The van der Waals surface area contributed by atoms with Crippen LogP contribution in [0.1, 0.15) is 61.2 Å².